The topological polar surface area (TPSA) is 120 Å². The molecular weight excluding hydrogens is 488 g/mol. The van der Waals surface area contributed by atoms with E-state index >= 15 is 0 Å². The summed E-state index contributed by atoms with van der Waals surface area (Å²) in [5, 5.41) is 17.0. The molecule has 2 N–H and O–H groups in total. The highest BCUT2D eigenvalue weighted by molar-refractivity contribution is 7.99. The van der Waals surface area contributed by atoms with Gasteiger partial charge in [-0.15, -0.1) is 21.5 Å². The van der Waals surface area contributed by atoms with Crippen molar-refractivity contribution in [2.45, 2.75) is 11.7 Å². The van der Waals surface area contributed by atoms with Crippen molar-refractivity contribution in [1.29, 1.82) is 0 Å². The van der Waals surface area contributed by atoms with E-state index in [0.717, 1.165) is 5.69 Å². The second-order valence-corrected chi connectivity index (χ2v) is 8.83. The number of carbonyl (C=O) groups is 2. The summed E-state index contributed by atoms with van der Waals surface area (Å²) in [6.07, 6.45) is 1.63. The van der Waals surface area contributed by atoms with Crippen molar-refractivity contribution in [2.24, 2.45) is 0 Å². The average molecular weight is 511 g/mol. The molecule has 2 amide bonds. The Morgan fingerprint density at radius 1 is 1.06 bits per heavy atom. The number of aromatic nitrogens is 4. The van der Waals surface area contributed by atoms with Crippen molar-refractivity contribution >= 4 is 40.0 Å². The lowest BCUT2D eigenvalue weighted by molar-refractivity contribution is -0.113. The van der Waals surface area contributed by atoms with Crippen LogP contribution in [0.3, 0.4) is 0 Å². The fourth-order valence-electron chi connectivity index (χ4n) is 3.15. The van der Waals surface area contributed by atoms with Gasteiger partial charge in [-0.1, -0.05) is 30.0 Å². The largest absolute Gasteiger partial charge is 0.493 e. The van der Waals surface area contributed by atoms with Gasteiger partial charge in [0.1, 0.15) is 0 Å². The molecule has 0 bridgehead atoms. The number of amides is 2. The number of ether oxygens (including phenoxy) is 2. The summed E-state index contributed by atoms with van der Waals surface area (Å²) in [5.41, 5.74) is 1.23. The molecule has 0 fully saturated rings. The molecule has 0 aliphatic rings. The molecule has 2 heterocycles. The van der Waals surface area contributed by atoms with Gasteiger partial charge in [-0.3, -0.25) is 14.2 Å². The van der Waals surface area contributed by atoms with E-state index in [1.807, 2.05) is 34.9 Å². The lowest BCUT2D eigenvalue weighted by Gasteiger charge is -2.12. The fraction of sp³-hybridized carbons (Fsp3) is 0.174. The zero-order valence-corrected chi connectivity index (χ0v) is 20.6. The molecule has 12 heteroatoms. The van der Waals surface area contributed by atoms with Gasteiger partial charge in [-0.05, 0) is 30.3 Å². The number of carbonyl (C=O) groups excluding carboxylic acids is 2. The van der Waals surface area contributed by atoms with Crippen LogP contribution in [0.2, 0.25) is 0 Å². The Labute approximate surface area is 209 Å². The fourth-order valence-corrected chi connectivity index (χ4v) is 4.47. The van der Waals surface area contributed by atoms with Crippen molar-refractivity contribution in [3.8, 4) is 17.2 Å². The summed E-state index contributed by atoms with van der Waals surface area (Å²) in [5.74, 6) is 1.15. The van der Waals surface area contributed by atoms with Gasteiger partial charge in [0.05, 0.1) is 26.5 Å². The van der Waals surface area contributed by atoms with Crippen molar-refractivity contribution in [3.05, 3.63) is 71.5 Å². The van der Waals surface area contributed by atoms with E-state index in [0.29, 0.717) is 33.2 Å². The van der Waals surface area contributed by atoms with Crippen molar-refractivity contribution in [2.75, 3.05) is 25.3 Å². The van der Waals surface area contributed by atoms with Gasteiger partial charge in [0.2, 0.25) is 5.91 Å². The van der Waals surface area contributed by atoms with Crippen LogP contribution in [-0.2, 0) is 11.3 Å². The van der Waals surface area contributed by atoms with Gasteiger partial charge in [0.15, 0.2) is 27.6 Å². The number of para-hydroxylation sites is 1. The van der Waals surface area contributed by atoms with Gasteiger partial charge >= 0.3 is 0 Å². The Bertz CT molecular complexity index is 1290. The molecule has 0 spiro atoms. The molecular formula is C23H22N6O4S2. The first-order valence-electron chi connectivity index (χ1n) is 10.4. The quantitative estimate of drug-likeness (QED) is 0.312. The predicted molar refractivity (Wildman–Crippen MR) is 134 cm³/mol. The minimum absolute atomic E-state index is 0.126. The Balaban J connectivity index is 1.49. The van der Waals surface area contributed by atoms with Gasteiger partial charge in [0.25, 0.3) is 5.91 Å². The Hall–Kier alpha value is -3.90. The van der Waals surface area contributed by atoms with Crippen molar-refractivity contribution in [1.82, 2.24) is 25.1 Å². The number of hydrogen-bond donors (Lipinski definition) is 2. The molecule has 0 saturated heterocycles. The van der Waals surface area contributed by atoms with Crippen LogP contribution in [0.5, 0.6) is 11.5 Å². The smallest absolute Gasteiger partial charge is 0.251 e. The van der Waals surface area contributed by atoms with Crippen LogP contribution in [0, 0.1) is 0 Å². The molecule has 0 unspecified atom stereocenters. The van der Waals surface area contributed by atoms with Crippen LogP contribution in [0.15, 0.2) is 65.3 Å². The van der Waals surface area contributed by atoms with E-state index in [2.05, 4.69) is 25.8 Å². The molecule has 0 radical (unpaired) electrons. The maximum absolute atomic E-state index is 12.8. The molecule has 2 aromatic carbocycles. The normalized spacial score (nSPS) is 10.6. The van der Waals surface area contributed by atoms with Crippen molar-refractivity contribution in [3.63, 3.8) is 0 Å². The monoisotopic (exact) mass is 510 g/mol. The molecule has 4 aromatic rings. The van der Waals surface area contributed by atoms with Gasteiger partial charge in [-0.25, -0.2) is 4.98 Å². The number of thioether (sulfide) groups is 1. The lowest BCUT2D eigenvalue weighted by Crippen LogP contribution is -2.24. The first-order valence-corrected chi connectivity index (χ1v) is 12.3. The Morgan fingerprint density at radius 2 is 1.86 bits per heavy atom. The van der Waals surface area contributed by atoms with E-state index in [9.17, 15) is 9.59 Å². The molecule has 35 heavy (non-hydrogen) atoms. The first kappa shape index (κ1) is 24.2. The van der Waals surface area contributed by atoms with E-state index in [1.165, 1.54) is 37.3 Å². The first-order chi connectivity index (χ1) is 17.1. The summed E-state index contributed by atoms with van der Waals surface area (Å²) in [4.78, 5) is 29.1. The van der Waals surface area contributed by atoms with Crippen LogP contribution in [0.4, 0.5) is 5.13 Å². The SMILES string of the molecule is COc1ccc(C(=O)NCc2nnc(SCC(=O)Nc3nccs3)n2-c2ccccc2)cc1OC. The molecule has 0 saturated carbocycles. The highest BCUT2D eigenvalue weighted by Crippen LogP contribution is 2.27. The van der Waals surface area contributed by atoms with Crippen LogP contribution in [-0.4, -0.2) is 51.5 Å². The predicted octanol–water partition coefficient (Wildman–Crippen LogP) is 3.40. The molecule has 0 atom stereocenters. The van der Waals surface area contributed by atoms with Gasteiger partial charge < -0.3 is 20.1 Å². The van der Waals surface area contributed by atoms with Gasteiger partial charge in [0, 0.05) is 22.8 Å². The molecule has 10 nitrogen and oxygen atoms in total. The van der Waals surface area contributed by atoms with Crippen LogP contribution < -0.4 is 20.1 Å². The second-order valence-electron chi connectivity index (χ2n) is 7.00. The number of methoxy groups -OCH3 is 2. The third kappa shape index (κ3) is 5.97. The maximum atomic E-state index is 12.8. The number of nitrogens with one attached hydrogen (secondary N) is 2. The summed E-state index contributed by atoms with van der Waals surface area (Å²) in [7, 11) is 3.05. The molecule has 180 valence electrons. The van der Waals surface area contributed by atoms with Crippen LogP contribution >= 0.6 is 23.1 Å². The molecule has 4 rings (SSSR count). The number of nitrogens with zero attached hydrogens (tertiary/aromatic N) is 4. The summed E-state index contributed by atoms with van der Waals surface area (Å²) in [6, 6.07) is 14.4. The van der Waals surface area contributed by atoms with E-state index in [4.69, 9.17) is 9.47 Å². The lowest BCUT2D eigenvalue weighted by atomic mass is 10.2. The highest BCUT2D eigenvalue weighted by atomic mass is 32.2. The third-order valence-corrected chi connectivity index (χ3v) is 6.40. The number of thiazole rings is 1. The number of rotatable bonds is 10. The minimum atomic E-state index is -0.300. The molecule has 2 aromatic heterocycles. The van der Waals surface area contributed by atoms with E-state index in [-0.39, 0.29) is 24.1 Å². The van der Waals surface area contributed by atoms with Crippen LogP contribution in [0.25, 0.3) is 5.69 Å². The Kier molecular flexibility index (Phi) is 7.95. The maximum Gasteiger partial charge on any atom is 0.251 e. The Morgan fingerprint density at radius 3 is 2.57 bits per heavy atom. The van der Waals surface area contributed by atoms with Gasteiger partial charge in [-0.2, -0.15) is 0 Å². The molecule has 0 aliphatic heterocycles. The standard InChI is InChI=1S/C23H22N6O4S2/c1-32-17-9-8-15(12-18(17)33-2)21(31)25-13-19-27-28-23(29(19)16-6-4-3-5-7-16)35-14-20(30)26-22-24-10-11-34-22/h3-12H,13-14H2,1-2H3,(H,25,31)(H,24,26,30). The van der Waals surface area contributed by atoms with E-state index in [1.54, 1.807) is 29.8 Å². The highest BCUT2D eigenvalue weighted by Gasteiger charge is 2.18. The minimum Gasteiger partial charge on any atom is -0.493 e. The average Bonchev–Trinajstić information content (AvgIpc) is 3.55. The van der Waals surface area contributed by atoms with Crippen molar-refractivity contribution < 1.29 is 19.1 Å². The third-order valence-electron chi connectivity index (χ3n) is 4.78. The zero-order chi connectivity index (χ0) is 24.6. The number of anilines is 1. The number of benzene rings is 2. The van der Waals surface area contributed by atoms with Crippen LogP contribution in [0.1, 0.15) is 16.2 Å². The van der Waals surface area contributed by atoms with E-state index < -0.39 is 0 Å². The number of hydrogen-bond acceptors (Lipinski definition) is 9. The summed E-state index contributed by atoms with van der Waals surface area (Å²) >= 11 is 2.59. The summed E-state index contributed by atoms with van der Waals surface area (Å²) < 4.78 is 12.3. The summed E-state index contributed by atoms with van der Waals surface area (Å²) in [6.45, 7) is 0.126. The second kappa shape index (κ2) is 11.5. The zero-order valence-electron chi connectivity index (χ0n) is 18.9. The molecule has 0 aliphatic carbocycles.